The molecule has 140 valence electrons. The number of halogens is 1. The van der Waals surface area contributed by atoms with Crippen molar-refractivity contribution in [3.8, 4) is 0 Å². The molecule has 1 aliphatic rings. The first-order valence-corrected chi connectivity index (χ1v) is 9.54. The van der Waals surface area contributed by atoms with Crippen LogP contribution in [0.15, 0.2) is 53.4 Å². The van der Waals surface area contributed by atoms with Crippen molar-refractivity contribution in [3.05, 3.63) is 59.1 Å². The fourth-order valence-electron chi connectivity index (χ4n) is 2.50. The molecular weight excluding hydrogens is 376 g/mol. The normalized spacial score (nSPS) is 15.1. The molecule has 8 heteroatoms. The highest BCUT2D eigenvalue weighted by Crippen LogP contribution is 2.28. The molecule has 26 heavy (non-hydrogen) atoms. The van der Waals surface area contributed by atoms with Crippen LogP contribution < -0.4 is 5.32 Å². The molecule has 6 nitrogen and oxygen atoms in total. The molecule has 0 aromatic heterocycles. The van der Waals surface area contributed by atoms with Crippen LogP contribution in [-0.4, -0.2) is 44.9 Å². The van der Waals surface area contributed by atoms with E-state index in [4.69, 9.17) is 16.3 Å². The zero-order valence-electron chi connectivity index (χ0n) is 13.3. The minimum absolute atomic E-state index is 0. The van der Waals surface area contributed by atoms with E-state index in [1.165, 1.54) is 16.4 Å². The van der Waals surface area contributed by atoms with Crippen LogP contribution in [0, 0.1) is 0 Å². The van der Waals surface area contributed by atoms with Crippen molar-refractivity contribution in [1.29, 1.82) is 0 Å². The van der Waals surface area contributed by atoms with Gasteiger partial charge in [-0.15, -0.1) is 0 Å². The third-order valence-corrected chi connectivity index (χ3v) is 6.19. The van der Waals surface area contributed by atoms with Gasteiger partial charge in [-0.2, -0.15) is 4.31 Å². The van der Waals surface area contributed by atoms with Gasteiger partial charge in [0.25, 0.3) is 5.91 Å². The van der Waals surface area contributed by atoms with E-state index in [9.17, 15) is 13.2 Å². The smallest absolute Gasteiger partial charge is 0.255 e. The van der Waals surface area contributed by atoms with Crippen molar-refractivity contribution in [1.82, 2.24) is 4.31 Å². The lowest BCUT2D eigenvalue weighted by Crippen LogP contribution is -2.40. The number of hydrogen-bond donors (Lipinski definition) is 1. The number of nitrogens with one attached hydrogen (secondary N) is 1. The van der Waals surface area contributed by atoms with Crippen LogP contribution in [0.2, 0.25) is 5.02 Å². The van der Waals surface area contributed by atoms with E-state index < -0.39 is 10.0 Å². The van der Waals surface area contributed by atoms with Gasteiger partial charge in [-0.1, -0.05) is 37.2 Å². The number of anilines is 1. The number of carbonyl (C=O) groups excluding carboxylic acids is 1. The molecule has 0 aliphatic carbocycles. The second-order valence-corrected chi connectivity index (χ2v) is 7.80. The van der Waals surface area contributed by atoms with Gasteiger partial charge < -0.3 is 10.1 Å². The molecule has 1 heterocycles. The predicted molar refractivity (Wildman–Crippen MR) is 102 cm³/mol. The Hall–Kier alpha value is -1.93. The van der Waals surface area contributed by atoms with Crippen molar-refractivity contribution >= 4 is 33.2 Å². The number of ether oxygens (including phenoxy) is 1. The first kappa shape index (κ1) is 20.4. The maximum atomic E-state index is 12.8. The largest absolute Gasteiger partial charge is 0.379 e. The van der Waals surface area contributed by atoms with E-state index in [2.05, 4.69) is 5.32 Å². The summed E-state index contributed by atoms with van der Waals surface area (Å²) >= 11 is 6.10. The Labute approximate surface area is 158 Å². The van der Waals surface area contributed by atoms with E-state index in [0.717, 1.165) is 0 Å². The quantitative estimate of drug-likeness (QED) is 0.860. The highest BCUT2D eigenvalue weighted by Gasteiger charge is 2.28. The number of benzene rings is 2. The van der Waals surface area contributed by atoms with Gasteiger partial charge in [-0.3, -0.25) is 4.79 Å². The van der Waals surface area contributed by atoms with Crippen LogP contribution in [0.5, 0.6) is 0 Å². The van der Waals surface area contributed by atoms with E-state index in [0.29, 0.717) is 24.5 Å². The van der Waals surface area contributed by atoms with Crippen molar-refractivity contribution in [2.45, 2.75) is 12.3 Å². The van der Waals surface area contributed by atoms with E-state index >= 15 is 0 Å². The van der Waals surface area contributed by atoms with Crippen LogP contribution in [-0.2, 0) is 14.8 Å². The van der Waals surface area contributed by atoms with Crippen LogP contribution in [0.1, 0.15) is 17.8 Å². The fraction of sp³-hybridized carbons (Fsp3) is 0.278. The average Bonchev–Trinajstić information content (AvgIpc) is 2.64. The third kappa shape index (κ3) is 4.42. The van der Waals surface area contributed by atoms with Crippen LogP contribution in [0.25, 0.3) is 0 Å². The minimum atomic E-state index is -3.75. The molecular formula is C18H21ClN2O4S. The topological polar surface area (TPSA) is 75.7 Å². The summed E-state index contributed by atoms with van der Waals surface area (Å²) in [5, 5.41) is 2.81. The van der Waals surface area contributed by atoms with E-state index in [-0.39, 0.29) is 36.3 Å². The van der Waals surface area contributed by atoms with Gasteiger partial charge in [0.15, 0.2) is 0 Å². The van der Waals surface area contributed by atoms with Crippen LogP contribution >= 0.6 is 11.6 Å². The number of hydrogen-bond acceptors (Lipinski definition) is 4. The van der Waals surface area contributed by atoms with Crippen molar-refractivity contribution in [2.24, 2.45) is 0 Å². The predicted octanol–water partition coefficient (Wildman–Crippen LogP) is 3.25. The van der Waals surface area contributed by atoms with Gasteiger partial charge >= 0.3 is 0 Å². The van der Waals surface area contributed by atoms with Crippen LogP contribution in [0.3, 0.4) is 0 Å². The maximum absolute atomic E-state index is 12.8. The van der Waals surface area contributed by atoms with Gasteiger partial charge in [0.05, 0.1) is 18.2 Å². The minimum Gasteiger partial charge on any atom is -0.379 e. The number of carbonyl (C=O) groups is 1. The number of amides is 1. The second-order valence-electron chi connectivity index (χ2n) is 5.48. The molecule has 1 aliphatic heterocycles. The summed E-state index contributed by atoms with van der Waals surface area (Å²) in [7, 11) is -3.75. The number of sulfonamides is 1. The van der Waals surface area contributed by atoms with Gasteiger partial charge in [0.1, 0.15) is 4.90 Å². The zero-order valence-corrected chi connectivity index (χ0v) is 14.9. The molecule has 0 unspecified atom stereocenters. The Morgan fingerprint density at radius 2 is 1.73 bits per heavy atom. The Bertz CT molecular complexity index is 866. The van der Waals surface area contributed by atoms with E-state index in [1.807, 2.05) is 6.07 Å². The lowest BCUT2D eigenvalue weighted by Gasteiger charge is -2.26. The van der Waals surface area contributed by atoms with Crippen molar-refractivity contribution in [3.63, 3.8) is 0 Å². The number of morpholine rings is 1. The molecule has 1 amide bonds. The highest BCUT2D eigenvalue weighted by atomic mass is 35.5. The van der Waals surface area contributed by atoms with Crippen LogP contribution in [0.4, 0.5) is 5.69 Å². The molecule has 0 spiro atoms. The number of rotatable bonds is 4. The van der Waals surface area contributed by atoms with Gasteiger partial charge in [-0.05, 0) is 30.3 Å². The highest BCUT2D eigenvalue weighted by molar-refractivity contribution is 7.89. The van der Waals surface area contributed by atoms with Gasteiger partial charge in [0.2, 0.25) is 10.0 Å². The molecule has 1 fully saturated rings. The summed E-state index contributed by atoms with van der Waals surface area (Å²) in [6.07, 6.45) is 0. The Morgan fingerprint density at radius 3 is 2.38 bits per heavy atom. The van der Waals surface area contributed by atoms with E-state index in [1.54, 1.807) is 30.3 Å². The zero-order chi connectivity index (χ0) is 17.9. The maximum Gasteiger partial charge on any atom is 0.255 e. The SMILES string of the molecule is C.O=C(Nc1ccc(Cl)c(S(=O)(=O)N2CCOCC2)c1)c1ccccc1. The Balaban J connectivity index is 0.00000243. The first-order valence-electron chi connectivity index (χ1n) is 7.72. The summed E-state index contributed by atoms with van der Waals surface area (Å²) < 4.78 is 32.1. The lowest BCUT2D eigenvalue weighted by molar-refractivity contribution is 0.0730. The Kier molecular flexibility index (Phi) is 6.77. The molecule has 0 saturated carbocycles. The van der Waals surface area contributed by atoms with Crippen molar-refractivity contribution in [2.75, 3.05) is 31.6 Å². The molecule has 0 atom stereocenters. The standard InChI is InChI=1S/C17H17ClN2O4S.CH4/c18-15-7-6-14(19-17(21)13-4-2-1-3-5-13)12-16(15)25(22,23)20-8-10-24-11-9-20;/h1-7,12H,8-11H2,(H,19,21);1H4. The summed E-state index contributed by atoms with van der Waals surface area (Å²) in [6, 6.07) is 13.1. The molecule has 0 radical (unpaired) electrons. The molecule has 1 N–H and O–H groups in total. The fourth-order valence-corrected chi connectivity index (χ4v) is 4.41. The van der Waals surface area contributed by atoms with Gasteiger partial charge in [0, 0.05) is 24.3 Å². The second kappa shape index (κ2) is 8.64. The summed E-state index contributed by atoms with van der Waals surface area (Å²) in [6.45, 7) is 1.25. The monoisotopic (exact) mass is 396 g/mol. The molecule has 0 bridgehead atoms. The molecule has 2 aromatic carbocycles. The molecule has 1 saturated heterocycles. The Morgan fingerprint density at radius 1 is 1.08 bits per heavy atom. The van der Waals surface area contributed by atoms with Gasteiger partial charge in [-0.25, -0.2) is 8.42 Å². The summed E-state index contributed by atoms with van der Waals surface area (Å²) in [4.78, 5) is 12.2. The van der Waals surface area contributed by atoms with Crippen molar-refractivity contribution < 1.29 is 17.9 Å². The lowest BCUT2D eigenvalue weighted by atomic mass is 10.2. The molecule has 3 rings (SSSR count). The summed E-state index contributed by atoms with van der Waals surface area (Å²) in [5.41, 5.74) is 0.847. The molecule has 2 aromatic rings. The average molecular weight is 397 g/mol. The third-order valence-electron chi connectivity index (χ3n) is 3.81. The number of nitrogens with zero attached hydrogens (tertiary/aromatic N) is 1. The first-order chi connectivity index (χ1) is 12.0. The summed E-state index contributed by atoms with van der Waals surface area (Å²) in [5.74, 6) is -0.322.